The maximum Gasteiger partial charge on any atom is 0.242 e. The van der Waals surface area contributed by atoms with Crippen LogP contribution in [0.15, 0.2) is 18.3 Å². The van der Waals surface area contributed by atoms with Gasteiger partial charge in [-0.2, -0.15) is 0 Å². The Kier molecular flexibility index (Phi) is 9.75. The van der Waals surface area contributed by atoms with Gasteiger partial charge in [-0.1, -0.05) is 46.0 Å². The highest BCUT2D eigenvalue weighted by Gasteiger charge is 2.26. The number of unbranched alkanes of at least 4 members (excludes halogenated alkanes) is 1. The van der Waals surface area contributed by atoms with Crippen molar-refractivity contribution >= 4 is 11.8 Å². The van der Waals surface area contributed by atoms with Gasteiger partial charge in [0.15, 0.2) is 0 Å². The lowest BCUT2D eigenvalue weighted by molar-refractivity contribution is -0.143. The fourth-order valence-corrected chi connectivity index (χ4v) is 4.22. The molecule has 0 aromatic carbocycles. The molecule has 29 heavy (non-hydrogen) atoms. The molecular weight excluding hydrogens is 362 g/mol. The van der Waals surface area contributed by atoms with Crippen LogP contribution in [0.2, 0.25) is 0 Å². The summed E-state index contributed by atoms with van der Waals surface area (Å²) in [5.41, 5.74) is 1.12. The van der Waals surface area contributed by atoms with Crippen molar-refractivity contribution in [2.75, 3.05) is 13.1 Å². The maximum absolute atomic E-state index is 13.2. The van der Waals surface area contributed by atoms with Gasteiger partial charge in [-0.25, -0.2) is 0 Å². The first kappa shape index (κ1) is 23.5. The van der Waals surface area contributed by atoms with Crippen LogP contribution in [0.3, 0.4) is 0 Å². The molecule has 1 saturated carbocycles. The predicted octanol–water partition coefficient (Wildman–Crippen LogP) is 4.75. The van der Waals surface area contributed by atoms with Crippen LogP contribution in [-0.2, 0) is 23.2 Å². The van der Waals surface area contributed by atoms with Gasteiger partial charge in [0.2, 0.25) is 11.8 Å². The zero-order valence-electron chi connectivity index (χ0n) is 19.0. The summed E-state index contributed by atoms with van der Waals surface area (Å²) in [6.45, 7) is 7.84. The van der Waals surface area contributed by atoms with Gasteiger partial charge in [0.1, 0.15) is 0 Å². The predicted molar refractivity (Wildman–Crippen MR) is 118 cm³/mol. The molecule has 0 bridgehead atoms. The number of amides is 2. The molecule has 0 radical (unpaired) electrons. The summed E-state index contributed by atoms with van der Waals surface area (Å²) in [4.78, 5) is 30.0. The fraction of sp³-hybridized carbons (Fsp3) is 0.750. The van der Waals surface area contributed by atoms with E-state index >= 15 is 0 Å². The van der Waals surface area contributed by atoms with E-state index in [1.54, 1.807) is 0 Å². The van der Waals surface area contributed by atoms with E-state index in [0.717, 1.165) is 37.9 Å². The Bertz CT molecular complexity index is 634. The Morgan fingerprint density at radius 2 is 1.93 bits per heavy atom. The molecular formula is C24H41N3O2. The summed E-state index contributed by atoms with van der Waals surface area (Å²) in [6.07, 6.45) is 11.6. The molecule has 0 unspecified atom stereocenters. The third kappa shape index (κ3) is 7.20. The van der Waals surface area contributed by atoms with Gasteiger partial charge >= 0.3 is 0 Å². The standard InChI is InChI=1S/C24H41N3O2/c1-5-7-17-26(18-22-13-10-16-25(22)4)24(29)19-27(20(3)6-2)23(28)15-14-21-11-8-9-12-21/h10,13,16,20-21H,5-9,11-12,14-15,17-19H2,1-4H3/t20-/m1/s1. The topological polar surface area (TPSA) is 45.6 Å². The number of nitrogens with zero attached hydrogens (tertiary/aromatic N) is 3. The van der Waals surface area contributed by atoms with E-state index in [0.29, 0.717) is 18.9 Å². The van der Waals surface area contributed by atoms with E-state index in [9.17, 15) is 9.59 Å². The highest BCUT2D eigenvalue weighted by Crippen LogP contribution is 2.29. The lowest BCUT2D eigenvalue weighted by Gasteiger charge is -2.31. The molecule has 1 heterocycles. The van der Waals surface area contributed by atoms with Crippen molar-refractivity contribution in [1.82, 2.24) is 14.4 Å². The molecule has 2 rings (SSSR count). The zero-order valence-corrected chi connectivity index (χ0v) is 19.0. The van der Waals surface area contributed by atoms with E-state index in [4.69, 9.17) is 0 Å². The molecule has 0 spiro atoms. The highest BCUT2D eigenvalue weighted by atomic mass is 16.2. The second kappa shape index (κ2) is 12.0. The zero-order chi connectivity index (χ0) is 21.2. The van der Waals surface area contributed by atoms with Crippen LogP contribution in [0.5, 0.6) is 0 Å². The molecule has 1 aromatic rings. The Balaban J connectivity index is 2.01. The molecule has 5 heteroatoms. The van der Waals surface area contributed by atoms with Crippen LogP contribution in [-0.4, -0.2) is 45.3 Å². The second-order valence-corrected chi connectivity index (χ2v) is 8.75. The monoisotopic (exact) mass is 403 g/mol. The van der Waals surface area contributed by atoms with Crippen molar-refractivity contribution in [1.29, 1.82) is 0 Å². The summed E-state index contributed by atoms with van der Waals surface area (Å²) in [6, 6.07) is 4.17. The lowest BCUT2D eigenvalue weighted by atomic mass is 10.0. The Hall–Kier alpha value is -1.78. The van der Waals surface area contributed by atoms with Crippen molar-refractivity contribution in [2.45, 2.75) is 91.1 Å². The third-order valence-electron chi connectivity index (χ3n) is 6.53. The van der Waals surface area contributed by atoms with E-state index in [1.807, 2.05) is 29.1 Å². The summed E-state index contributed by atoms with van der Waals surface area (Å²) < 4.78 is 2.06. The Morgan fingerprint density at radius 1 is 1.21 bits per heavy atom. The van der Waals surface area contributed by atoms with Crippen molar-refractivity contribution in [2.24, 2.45) is 13.0 Å². The summed E-state index contributed by atoms with van der Waals surface area (Å²) in [5, 5.41) is 0. The molecule has 1 aliphatic carbocycles. The summed E-state index contributed by atoms with van der Waals surface area (Å²) >= 11 is 0. The van der Waals surface area contributed by atoms with Crippen LogP contribution in [0.4, 0.5) is 0 Å². The van der Waals surface area contributed by atoms with Gasteiger partial charge in [-0.05, 0) is 44.2 Å². The van der Waals surface area contributed by atoms with Crippen LogP contribution < -0.4 is 0 Å². The average molecular weight is 404 g/mol. The minimum absolute atomic E-state index is 0.0640. The van der Waals surface area contributed by atoms with Gasteiger partial charge in [0.25, 0.3) is 0 Å². The molecule has 2 amide bonds. The second-order valence-electron chi connectivity index (χ2n) is 8.75. The lowest BCUT2D eigenvalue weighted by Crippen LogP contribution is -2.46. The van der Waals surface area contributed by atoms with E-state index in [1.165, 1.54) is 25.7 Å². The number of carbonyl (C=O) groups is 2. The molecule has 0 saturated heterocycles. The molecule has 164 valence electrons. The number of aryl methyl sites for hydroxylation is 1. The first-order chi connectivity index (χ1) is 14.0. The number of hydrogen-bond acceptors (Lipinski definition) is 2. The van der Waals surface area contributed by atoms with E-state index < -0.39 is 0 Å². The number of rotatable bonds is 12. The largest absolute Gasteiger partial charge is 0.353 e. The van der Waals surface area contributed by atoms with E-state index in [2.05, 4.69) is 31.4 Å². The van der Waals surface area contributed by atoms with Crippen molar-refractivity contribution in [3.63, 3.8) is 0 Å². The molecule has 1 atom stereocenters. The Morgan fingerprint density at radius 3 is 2.52 bits per heavy atom. The molecule has 1 aromatic heterocycles. The van der Waals surface area contributed by atoms with Crippen LogP contribution in [0, 0.1) is 5.92 Å². The fourth-order valence-electron chi connectivity index (χ4n) is 4.22. The number of hydrogen-bond donors (Lipinski definition) is 0. The van der Waals surface area contributed by atoms with Gasteiger partial charge in [-0.15, -0.1) is 0 Å². The normalized spacial score (nSPS) is 15.4. The first-order valence-corrected chi connectivity index (χ1v) is 11.6. The maximum atomic E-state index is 13.2. The van der Waals surface area contributed by atoms with Crippen LogP contribution in [0.1, 0.15) is 84.3 Å². The molecule has 0 N–H and O–H groups in total. The van der Waals surface area contributed by atoms with Gasteiger partial charge in [-0.3, -0.25) is 9.59 Å². The molecule has 1 aliphatic rings. The van der Waals surface area contributed by atoms with Gasteiger partial charge in [0, 0.05) is 37.9 Å². The number of aromatic nitrogens is 1. The van der Waals surface area contributed by atoms with Crippen LogP contribution >= 0.6 is 0 Å². The molecule has 1 fully saturated rings. The van der Waals surface area contributed by atoms with Gasteiger partial charge in [0.05, 0.1) is 13.1 Å². The average Bonchev–Trinajstić information content (AvgIpc) is 3.38. The number of carbonyl (C=O) groups excluding carboxylic acids is 2. The highest BCUT2D eigenvalue weighted by molar-refractivity contribution is 5.85. The van der Waals surface area contributed by atoms with Crippen molar-refractivity contribution < 1.29 is 9.59 Å². The SMILES string of the molecule is CCCCN(Cc1cccn1C)C(=O)CN(C(=O)CCC1CCCC1)[C@H](C)CC. The summed E-state index contributed by atoms with van der Waals surface area (Å²) in [7, 11) is 2.01. The minimum Gasteiger partial charge on any atom is -0.353 e. The molecule has 0 aliphatic heterocycles. The quantitative estimate of drug-likeness (QED) is 0.505. The third-order valence-corrected chi connectivity index (χ3v) is 6.53. The molecule has 5 nitrogen and oxygen atoms in total. The van der Waals surface area contributed by atoms with Gasteiger partial charge < -0.3 is 14.4 Å². The summed E-state index contributed by atoms with van der Waals surface area (Å²) in [5.74, 6) is 0.912. The first-order valence-electron chi connectivity index (χ1n) is 11.6. The van der Waals surface area contributed by atoms with E-state index in [-0.39, 0.29) is 24.4 Å². The van der Waals surface area contributed by atoms with Crippen molar-refractivity contribution in [3.05, 3.63) is 24.0 Å². The van der Waals surface area contributed by atoms with Crippen LogP contribution in [0.25, 0.3) is 0 Å². The Labute approximate surface area is 177 Å². The minimum atomic E-state index is 0.0640. The van der Waals surface area contributed by atoms with Crippen molar-refractivity contribution in [3.8, 4) is 0 Å². The smallest absolute Gasteiger partial charge is 0.242 e.